The number of nitrogens with zero attached hydrogens (tertiary/aromatic N) is 1. The summed E-state index contributed by atoms with van der Waals surface area (Å²) in [6, 6.07) is 0. The summed E-state index contributed by atoms with van der Waals surface area (Å²) in [6.07, 6.45) is 7.62. The second-order valence-corrected chi connectivity index (χ2v) is 5.37. The van der Waals surface area contributed by atoms with Gasteiger partial charge in [-0.1, -0.05) is 12.2 Å². The minimum absolute atomic E-state index is 0.859. The Bertz CT molecular complexity index is 345. The predicted molar refractivity (Wildman–Crippen MR) is 62.7 cm³/mol. The molecular formula is C12H16N2S. The van der Waals surface area contributed by atoms with Crippen molar-refractivity contribution in [3.63, 3.8) is 0 Å². The summed E-state index contributed by atoms with van der Waals surface area (Å²) in [5, 5.41) is 5.64. The molecule has 1 N–H and O–H groups in total. The summed E-state index contributed by atoms with van der Waals surface area (Å²) < 4.78 is 0. The first-order valence-electron chi connectivity index (χ1n) is 5.68. The van der Waals surface area contributed by atoms with E-state index < -0.39 is 0 Å². The monoisotopic (exact) mass is 220 g/mol. The Kier molecular flexibility index (Phi) is 2.59. The van der Waals surface area contributed by atoms with Crippen molar-refractivity contribution in [3.05, 3.63) is 28.7 Å². The fourth-order valence-corrected chi connectivity index (χ4v) is 3.40. The van der Waals surface area contributed by atoms with Crippen molar-refractivity contribution in [2.45, 2.75) is 19.4 Å². The highest BCUT2D eigenvalue weighted by Gasteiger charge is 2.34. The first-order valence-corrected chi connectivity index (χ1v) is 6.62. The van der Waals surface area contributed by atoms with Crippen LogP contribution in [-0.4, -0.2) is 11.5 Å². The van der Waals surface area contributed by atoms with Crippen LogP contribution in [0.5, 0.6) is 0 Å². The quantitative estimate of drug-likeness (QED) is 0.788. The van der Waals surface area contributed by atoms with E-state index in [4.69, 9.17) is 0 Å². The maximum Gasteiger partial charge on any atom is 0.0795 e. The SMILES string of the molecule is C1=CC2CC1CC2CNCc1cscn1. The molecule has 80 valence electrons. The third kappa shape index (κ3) is 1.99. The number of allylic oxidation sites excluding steroid dienone is 2. The van der Waals surface area contributed by atoms with Crippen molar-refractivity contribution in [2.24, 2.45) is 17.8 Å². The van der Waals surface area contributed by atoms with Gasteiger partial charge < -0.3 is 5.32 Å². The van der Waals surface area contributed by atoms with E-state index in [-0.39, 0.29) is 0 Å². The molecule has 1 aromatic heterocycles. The van der Waals surface area contributed by atoms with Gasteiger partial charge >= 0.3 is 0 Å². The topological polar surface area (TPSA) is 24.9 Å². The van der Waals surface area contributed by atoms with Crippen LogP contribution >= 0.6 is 11.3 Å². The lowest BCUT2D eigenvalue weighted by atomic mass is 9.94. The van der Waals surface area contributed by atoms with Gasteiger partial charge in [0.05, 0.1) is 11.2 Å². The van der Waals surface area contributed by atoms with Crippen molar-refractivity contribution in [2.75, 3.05) is 6.54 Å². The summed E-state index contributed by atoms with van der Waals surface area (Å²) in [6.45, 7) is 2.09. The molecule has 1 fully saturated rings. The molecule has 0 amide bonds. The molecule has 3 atom stereocenters. The van der Waals surface area contributed by atoms with E-state index in [1.807, 2.05) is 5.51 Å². The van der Waals surface area contributed by atoms with Crippen LogP contribution in [0.1, 0.15) is 18.5 Å². The van der Waals surface area contributed by atoms with Crippen LogP contribution in [0.25, 0.3) is 0 Å². The summed E-state index contributed by atoms with van der Waals surface area (Å²) in [7, 11) is 0. The average Bonchev–Trinajstić information content (AvgIpc) is 2.93. The second kappa shape index (κ2) is 4.06. The van der Waals surface area contributed by atoms with Crippen LogP contribution < -0.4 is 5.32 Å². The van der Waals surface area contributed by atoms with Gasteiger partial charge in [0.15, 0.2) is 0 Å². The lowest BCUT2D eigenvalue weighted by Crippen LogP contribution is -2.25. The summed E-state index contributed by atoms with van der Waals surface area (Å²) in [4.78, 5) is 4.27. The molecule has 3 rings (SSSR count). The van der Waals surface area contributed by atoms with Crippen LogP contribution in [0.2, 0.25) is 0 Å². The molecule has 3 heteroatoms. The molecule has 2 aliphatic rings. The Balaban J connectivity index is 1.45. The molecule has 2 nitrogen and oxygen atoms in total. The fourth-order valence-electron chi connectivity index (χ4n) is 2.84. The third-order valence-corrected chi connectivity index (χ3v) is 4.25. The van der Waals surface area contributed by atoms with E-state index in [2.05, 4.69) is 27.8 Å². The van der Waals surface area contributed by atoms with Gasteiger partial charge in [-0.05, 0) is 37.1 Å². The molecule has 0 radical (unpaired) electrons. The molecule has 1 saturated carbocycles. The van der Waals surface area contributed by atoms with Gasteiger partial charge in [-0.3, -0.25) is 0 Å². The molecular weight excluding hydrogens is 204 g/mol. The number of hydrogen-bond acceptors (Lipinski definition) is 3. The highest BCUT2D eigenvalue weighted by Crippen LogP contribution is 2.42. The first-order chi connectivity index (χ1) is 7.42. The van der Waals surface area contributed by atoms with Crippen LogP contribution in [0.4, 0.5) is 0 Å². The molecule has 2 bridgehead atoms. The molecule has 2 aliphatic carbocycles. The smallest absolute Gasteiger partial charge is 0.0795 e. The van der Waals surface area contributed by atoms with Gasteiger partial charge in [0.2, 0.25) is 0 Å². The predicted octanol–water partition coefficient (Wildman–Crippen LogP) is 2.44. The van der Waals surface area contributed by atoms with Crippen molar-refractivity contribution in [3.8, 4) is 0 Å². The van der Waals surface area contributed by atoms with Gasteiger partial charge in [-0.2, -0.15) is 0 Å². The van der Waals surface area contributed by atoms with Gasteiger partial charge in [0.1, 0.15) is 0 Å². The van der Waals surface area contributed by atoms with Crippen molar-refractivity contribution in [1.82, 2.24) is 10.3 Å². The Morgan fingerprint density at radius 3 is 3.07 bits per heavy atom. The minimum Gasteiger partial charge on any atom is -0.311 e. The molecule has 0 saturated heterocycles. The molecule has 0 aliphatic heterocycles. The summed E-state index contributed by atoms with van der Waals surface area (Å²) in [5.74, 6) is 2.62. The number of nitrogens with one attached hydrogen (secondary N) is 1. The molecule has 1 heterocycles. The van der Waals surface area contributed by atoms with Crippen LogP contribution in [0.3, 0.4) is 0 Å². The zero-order chi connectivity index (χ0) is 10.1. The Morgan fingerprint density at radius 1 is 1.40 bits per heavy atom. The Labute approximate surface area is 94.4 Å². The first kappa shape index (κ1) is 9.55. The molecule has 15 heavy (non-hydrogen) atoms. The lowest BCUT2D eigenvalue weighted by Gasteiger charge is -2.18. The number of hydrogen-bond donors (Lipinski definition) is 1. The van der Waals surface area contributed by atoms with Gasteiger partial charge in [-0.15, -0.1) is 11.3 Å². The van der Waals surface area contributed by atoms with E-state index in [0.29, 0.717) is 0 Å². The normalized spacial score (nSPS) is 32.7. The van der Waals surface area contributed by atoms with Crippen LogP contribution in [0.15, 0.2) is 23.0 Å². The molecule has 3 unspecified atom stereocenters. The van der Waals surface area contributed by atoms with Crippen LogP contribution in [-0.2, 0) is 6.54 Å². The third-order valence-electron chi connectivity index (χ3n) is 3.61. The Morgan fingerprint density at radius 2 is 2.40 bits per heavy atom. The number of fused-ring (bicyclic) bond motifs is 2. The zero-order valence-electron chi connectivity index (χ0n) is 8.73. The highest BCUT2D eigenvalue weighted by atomic mass is 32.1. The summed E-state index contributed by atoms with van der Waals surface area (Å²) in [5.41, 5.74) is 3.08. The maximum atomic E-state index is 4.27. The standard InChI is InChI=1S/C12H16N2S/c1-2-10-3-9(1)4-11(10)5-13-6-12-7-15-8-14-12/h1-2,7-11,13H,3-6H2. The number of thiazole rings is 1. The van der Waals surface area contributed by atoms with Crippen molar-refractivity contribution < 1.29 is 0 Å². The largest absolute Gasteiger partial charge is 0.311 e. The summed E-state index contributed by atoms with van der Waals surface area (Å²) >= 11 is 1.67. The average molecular weight is 220 g/mol. The van der Waals surface area contributed by atoms with Crippen molar-refractivity contribution in [1.29, 1.82) is 0 Å². The minimum atomic E-state index is 0.859. The van der Waals surface area contributed by atoms with E-state index in [1.54, 1.807) is 11.3 Å². The lowest BCUT2D eigenvalue weighted by molar-refractivity contribution is 0.413. The molecule has 1 aromatic rings. The maximum absolute atomic E-state index is 4.27. The van der Waals surface area contributed by atoms with E-state index in [1.165, 1.54) is 18.5 Å². The van der Waals surface area contributed by atoms with Gasteiger partial charge in [0.25, 0.3) is 0 Å². The van der Waals surface area contributed by atoms with Crippen LogP contribution in [0, 0.1) is 17.8 Å². The van der Waals surface area contributed by atoms with E-state index in [0.717, 1.165) is 30.8 Å². The zero-order valence-corrected chi connectivity index (χ0v) is 9.54. The van der Waals surface area contributed by atoms with Gasteiger partial charge in [0, 0.05) is 11.9 Å². The number of rotatable bonds is 4. The molecule has 0 spiro atoms. The van der Waals surface area contributed by atoms with Gasteiger partial charge in [-0.25, -0.2) is 4.98 Å². The fraction of sp³-hybridized carbons (Fsp3) is 0.583. The Hall–Kier alpha value is -0.670. The van der Waals surface area contributed by atoms with E-state index >= 15 is 0 Å². The highest BCUT2D eigenvalue weighted by molar-refractivity contribution is 7.07. The molecule has 0 aromatic carbocycles. The second-order valence-electron chi connectivity index (χ2n) is 4.65. The van der Waals surface area contributed by atoms with Crippen molar-refractivity contribution >= 4 is 11.3 Å². The van der Waals surface area contributed by atoms with E-state index in [9.17, 15) is 0 Å². The number of aromatic nitrogens is 1.